The van der Waals surface area contributed by atoms with Crippen LogP contribution in [-0.4, -0.2) is 47.8 Å². The molecule has 0 spiro atoms. The van der Waals surface area contributed by atoms with Crippen molar-refractivity contribution in [2.24, 2.45) is 0 Å². The molecule has 0 aromatic carbocycles. The lowest BCUT2D eigenvalue weighted by molar-refractivity contribution is 0.210. The topological polar surface area (TPSA) is 101 Å². The summed E-state index contributed by atoms with van der Waals surface area (Å²) < 4.78 is 4.96. The summed E-state index contributed by atoms with van der Waals surface area (Å²) in [6.45, 7) is 3.60. The van der Waals surface area contributed by atoms with Gasteiger partial charge in [0.2, 0.25) is 0 Å². The zero-order valence-electron chi connectivity index (χ0n) is 12.0. The molecule has 2 aromatic heterocycles. The molecule has 8 nitrogen and oxygen atoms in total. The Kier molecular flexibility index (Phi) is 5.22. The number of rotatable bonds is 6. The highest BCUT2D eigenvalue weighted by Crippen LogP contribution is 2.13. The van der Waals surface area contributed by atoms with E-state index in [4.69, 9.17) is 4.74 Å². The standard InChI is InChI=1S/C13H18N6O2/c1-3-14-13(20)19-10-5-4-9-12(17-10)18-11(8-16-9)15-6-7-21-2/h4-5,8H,3,6-7H2,1-2H3,(H3,14,15,17,18,19,20). The Hall–Kier alpha value is -2.48. The molecule has 2 amide bonds. The van der Waals surface area contributed by atoms with Crippen LogP contribution >= 0.6 is 0 Å². The van der Waals surface area contributed by atoms with Gasteiger partial charge in [-0.15, -0.1) is 0 Å². The zero-order valence-corrected chi connectivity index (χ0v) is 12.0. The van der Waals surface area contributed by atoms with Gasteiger partial charge in [0.15, 0.2) is 5.65 Å². The van der Waals surface area contributed by atoms with Crippen LogP contribution in [0.25, 0.3) is 11.2 Å². The number of carbonyl (C=O) groups excluding carboxylic acids is 1. The molecule has 2 heterocycles. The number of urea groups is 1. The minimum Gasteiger partial charge on any atom is -0.383 e. The summed E-state index contributed by atoms with van der Waals surface area (Å²) in [7, 11) is 1.63. The smallest absolute Gasteiger partial charge is 0.320 e. The van der Waals surface area contributed by atoms with Crippen molar-refractivity contribution in [3.8, 4) is 0 Å². The van der Waals surface area contributed by atoms with E-state index in [1.54, 1.807) is 25.4 Å². The number of nitrogens with zero attached hydrogens (tertiary/aromatic N) is 3. The summed E-state index contributed by atoms with van der Waals surface area (Å²) in [5.41, 5.74) is 1.13. The summed E-state index contributed by atoms with van der Waals surface area (Å²) in [5, 5.41) is 8.35. The van der Waals surface area contributed by atoms with Gasteiger partial charge in [-0.1, -0.05) is 0 Å². The van der Waals surface area contributed by atoms with Gasteiger partial charge >= 0.3 is 6.03 Å². The average molecular weight is 290 g/mol. The Balaban J connectivity index is 2.13. The fourth-order valence-electron chi connectivity index (χ4n) is 1.65. The Morgan fingerprint density at radius 1 is 1.29 bits per heavy atom. The first kappa shape index (κ1) is 14.9. The van der Waals surface area contributed by atoms with Gasteiger partial charge in [-0.25, -0.2) is 19.7 Å². The van der Waals surface area contributed by atoms with Gasteiger partial charge in [0.05, 0.1) is 12.8 Å². The molecule has 2 rings (SSSR count). The molecule has 0 radical (unpaired) electrons. The number of carbonyl (C=O) groups is 1. The fourth-order valence-corrected chi connectivity index (χ4v) is 1.65. The zero-order chi connectivity index (χ0) is 15.1. The van der Waals surface area contributed by atoms with Gasteiger partial charge in [-0.05, 0) is 19.1 Å². The minimum atomic E-state index is -0.299. The molecule has 0 saturated heterocycles. The number of anilines is 2. The third-order valence-corrected chi connectivity index (χ3v) is 2.60. The molecule has 0 saturated carbocycles. The molecule has 3 N–H and O–H groups in total. The Morgan fingerprint density at radius 3 is 2.86 bits per heavy atom. The highest BCUT2D eigenvalue weighted by atomic mass is 16.5. The van der Waals surface area contributed by atoms with Crippen LogP contribution in [0.15, 0.2) is 18.3 Å². The Bertz CT molecular complexity index is 619. The van der Waals surface area contributed by atoms with E-state index in [9.17, 15) is 4.79 Å². The van der Waals surface area contributed by atoms with Crippen molar-refractivity contribution >= 4 is 28.8 Å². The molecule has 21 heavy (non-hydrogen) atoms. The first-order valence-electron chi connectivity index (χ1n) is 6.64. The van der Waals surface area contributed by atoms with Gasteiger partial charge in [0.1, 0.15) is 17.2 Å². The molecule has 2 aromatic rings. The van der Waals surface area contributed by atoms with E-state index in [0.29, 0.717) is 42.5 Å². The lowest BCUT2D eigenvalue weighted by Crippen LogP contribution is -2.28. The number of pyridine rings is 1. The lowest BCUT2D eigenvalue weighted by atomic mass is 10.4. The first-order valence-corrected chi connectivity index (χ1v) is 6.64. The van der Waals surface area contributed by atoms with E-state index < -0.39 is 0 Å². The van der Waals surface area contributed by atoms with Crippen molar-refractivity contribution < 1.29 is 9.53 Å². The predicted octanol–water partition coefficient (Wildman–Crippen LogP) is 1.22. The number of nitrogens with one attached hydrogen (secondary N) is 3. The maximum absolute atomic E-state index is 11.5. The molecule has 0 bridgehead atoms. The molecule has 0 atom stereocenters. The lowest BCUT2D eigenvalue weighted by Gasteiger charge is -2.07. The normalized spacial score (nSPS) is 10.4. The minimum absolute atomic E-state index is 0.299. The van der Waals surface area contributed by atoms with E-state index in [2.05, 4.69) is 30.9 Å². The summed E-state index contributed by atoms with van der Waals surface area (Å²) in [4.78, 5) is 24.3. The average Bonchev–Trinajstić information content (AvgIpc) is 2.47. The molecule has 0 aliphatic heterocycles. The van der Waals surface area contributed by atoms with Crippen LogP contribution in [0.4, 0.5) is 16.4 Å². The van der Waals surface area contributed by atoms with Gasteiger partial charge in [-0.2, -0.15) is 0 Å². The van der Waals surface area contributed by atoms with Crippen molar-refractivity contribution in [2.45, 2.75) is 6.92 Å². The third-order valence-electron chi connectivity index (χ3n) is 2.60. The second-order valence-corrected chi connectivity index (χ2v) is 4.20. The van der Waals surface area contributed by atoms with Gasteiger partial charge < -0.3 is 15.4 Å². The first-order chi connectivity index (χ1) is 10.2. The molecule has 112 valence electrons. The van der Waals surface area contributed by atoms with Crippen molar-refractivity contribution in [1.29, 1.82) is 0 Å². The number of methoxy groups -OCH3 is 1. The monoisotopic (exact) mass is 290 g/mol. The second-order valence-electron chi connectivity index (χ2n) is 4.20. The number of amides is 2. The quantitative estimate of drug-likeness (QED) is 0.692. The third kappa shape index (κ3) is 4.25. The highest BCUT2D eigenvalue weighted by molar-refractivity contribution is 5.89. The van der Waals surface area contributed by atoms with E-state index in [1.807, 2.05) is 6.92 Å². The van der Waals surface area contributed by atoms with Crippen LogP contribution in [0.5, 0.6) is 0 Å². The van der Waals surface area contributed by atoms with Crippen molar-refractivity contribution in [3.63, 3.8) is 0 Å². The van der Waals surface area contributed by atoms with E-state index in [0.717, 1.165) is 0 Å². The summed E-state index contributed by atoms with van der Waals surface area (Å²) in [5.74, 6) is 1.04. The van der Waals surface area contributed by atoms with Crippen LogP contribution in [-0.2, 0) is 4.74 Å². The maximum atomic E-state index is 11.5. The summed E-state index contributed by atoms with van der Waals surface area (Å²) in [6, 6.07) is 3.15. The summed E-state index contributed by atoms with van der Waals surface area (Å²) >= 11 is 0. The number of hydrogen-bond acceptors (Lipinski definition) is 6. The van der Waals surface area contributed by atoms with Crippen LogP contribution in [0.3, 0.4) is 0 Å². The van der Waals surface area contributed by atoms with E-state index in [-0.39, 0.29) is 6.03 Å². The molecule has 8 heteroatoms. The highest BCUT2D eigenvalue weighted by Gasteiger charge is 2.05. The molecule has 0 aliphatic rings. The van der Waals surface area contributed by atoms with Gasteiger partial charge in [-0.3, -0.25) is 5.32 Å². The maximum Gasteiger partial charge on any atom is 0.320 e. The fraction of sp³-hybridized carbons (Fsp3) is 0.385. The van der Waals surface area contributed by atoms with Crippen LogP contribution < -0.4 is 16.0 Å². The van der Waals surface area contributed by atoms with Gasteiger partial charge in [0, 0.05) is 20.2 Å². The van der Waals surface area contributed by atoms with Crippen molar-refractivity contribution in [1.82, 2.24) is 20.3 Å². The number of hydrogen-bond donors (Lipinski definition) is 3. The Morgan fingerprint density at radius 2 is 2.10 bits per heavy atom. The molecule has 0 fully saturated rings. The van der Waals surface area contributed by atoms with Crippen LogP contribution in [0, 0.1) is 0 Å². The number of aromatic nitrogens is 3. The SMILES string of the molecule is CCNC(=O)Nc1ccc2ncc(NCCOC)nc2n1. The molecule has 0 aliphatic carbocycles. The van der Waals surface area contributed by atoms with Crippen LogP contribution in [0.1, 0.15) is 6.92 Å². The van der Waals surface area contributed by atoms with E-state index in [1.165, 1.54) is 0 Å². The number of ether oxygens (including phenoxy) is 1. The molecule has 0 unspecified atom stereocenters. The van der Waals surface area contributed by atoms with E-state index >= 15 is 0 Å². The number of fused-ring (bicyclic) bond motifs is 1. The van der Waals surface area contributed by atoms with Gasteiger partial charge in [0.25, 0.3) is 0 Å². The van der Waals surface area contributed by atoms with Crippen molar-refractivity contribution in [2.75, 3.05) is 37.4 Å². The Labute approximate surface area is 122 Å². The second kappa shape index (κ2) is 7.34. The predicted molar refractivity (Wildman–Crippen MR) is 80.4 cm³/mol. The van der Waals surface area contributed by atoms with Crippen molar-refractivity contribution in [3.05, 3.63) is 18.3 Å². The largest absolute Gasteiger partial charge is 0.383 e. The molecular weight excluding hydrogens is 272 g/mol. The molecular formula is C13H18N6O2. The van der Waals surface area contributed by atoms with Crippen LogP contribution in [0.2, 0.25) is 0 Å². The summed E-state index contributed by atoms with van der Waals surface area (Å²) in [6.07, 6.45) is 1.64.